The summed E-state index contributed by atoms with van der Waals surface area (Å²) >= 11 is 0. The number of fused-ring (bicyclic) bond motifs is 1. The van der Waals surface area contributed by atoms with E-state index in [0.717, 1.165) is 11.1 Å². The molecule has 1 aliphatic rings. The Bertz CT molecular complexity index is 612. The lowest BCUT2D eigenvalue weighted by Gasteiger charge is -2.20. The van der Waals surface area contributed by atoms with Crippen molar-refractivity contribution >= 4 is 0 Å². The first-order valence-electron chi connectivity index (χ1n) is 6.54. The third-order valence-corrected chi connectivity index (χ3v) is 3.27. The molecule has 0 bridgehead atoms. The maximum atomic E-state index is 13.1. The predicted molar refractivity (Wildman–Crippen MR) is 72.5 cm³/mol. The van der Waals surface area contributed by atoms with Crippen LogP contribution < -0.4 is 9.47 Å². The molecule has 1 atom stereocenters. The van der Waals surface area contributed by atoms with Gasteiger partial charge in [0, 0.05) is 6.42 Å². The first-order valence-corrected chi connectivity index (χ1v) is 6.54. The van der Waals surface area contributed by atoms with Crippen LogP contribution in [0.1, 0.15) is 17.2 Å². The predicted octanol–water partition coefficient (Wildman–Crippen LogP) is 2.87. The minimum absolute atomic E-state index is 0.295. The van der Waals surface area contributed by atoms with Crippen molar-refractivity contribution in [3.63, 3.8) is 0 Å². The van der Waals surface area contributed by atoms with Crippen LogP contribution >= 0.6 is 0 Å². The van der Waals surface area contributed by atoms with E-state index < -0.39 is 6.10 Å². The van der Waals surface area contributed by atoms with Crippen molar-refractivity contribution in [1.82, 2.24) is 0 Å². The maximum absolute atomic E-state index is 13.1. The summed E-state index contributed by atoms with van der Waals surface area (Å²) in [5, 5.41) is 10.2. The van der Waals surface area contributed by atoms with Crippen LogP contribution in [0.5, 0.6) is 11.5 Å². The van der Waals surface area contributed by atoms with Gasteiger partial charge in [0.2, 0.25) is 0 Å². The number of halogens is 1. The highest BCUT2D eigenvalue weighted by atomic mass is 19.1. The highest BCUT2D eigenvalue weighted by molar-refractivity contribution is 5.44. The first-order chi connectivity index (χ1) is 9.72. The second-order valence-electron chi connectivity index (χ2n) is 4.75. The Kier molecular flexibility index (Phi) is 3.56. The lowest BCUT2D eigenvalue weighted by atomic mass is 10.0. The molecule has 0 saturated heterocycles. The lowest BCUT2D eigenvalue weighted by molar-refractivity contribution is 0.164. The van der Waals surface area contributed by atoms with Gasteiger partial charge in [-0.15, -0.1) is 0 Å². The summed E-state index contributed by atoms with van der Waals surface area (Å²) in [6, 6.07) is 11.6. The molecule has 3 rings (SSSR count). The molecular formula is C16H15FO3. The standard InChI is InChI=1S/C16H15FO3/c17-13-3-1-2-11(8-13)9-14(18)12-4-5-15-16(10-12)20-7-6-19-15/h1-5,8,10,14,18H,6-7,9H2. The molecular weight excluding hydrogens is 259 g/mol. The van der Waals surface area contributed by atoms with Crippen molar-refractivity contribution in [3.05, 3.63) is 59.4 Å². The van der Waals surface area contributed by atoms with Crippen molar-refractivity contribution in [2.75, 3.05) is 13.2 Å². The van der Waals surface area contributed by atoms with Gasteiger partial charge < -0.3 is 14.6 Å². The molecule has 2 aromatic carbocycles. The molecule has 20 heavy (non-hydrogen) atoms. The van der Waals surface area contributed by atoms with E-state index >= 15 is 0 Å². The highest BCUT2D eigenvalue weighted by Crippen LogP contribution is 2.33. The third kappa shape index (κ3) is 2.75. The van der Waals surface area contributed by atoms with Crippen LogP contribution in [-0.4, -0.2) is 18.3 Å². The Labute approximate surface area is 116 Å². The van der Waals surface area contributed by atoms with Crippen LogP contribution in [0, 0.1) is 5.82 Å². The zero-order valence-corrected chi connectivity index (χ0v) is 10.9. The molecule has 2 aromatic rings. The molecule has 0 radical (unpaired) electrons. The quantitative estimate of drug-likeness (QED) is 0.935. The molecule has 104 valence electrons. The summed E-state index contributed by atoms with van der Waals surface area (Å²) in [5.74, 6) is 1.04. The Morgan fingerprint density at radius 3 is 2.65 bits per heavy atom. The monoisotopic (exact) mass is 274 g/mol. The summed E-state index contributed by atoms with van der Waals surface area (Å²) in [6.45, 7) is 1.05. The number of ether oxygens (including phenoxy) is 2. The molecule has 3 nitrogen and oxygen atoms in total. The number of aliphatic hydroxyl groups excluding tert-OH is 1. The van der Waals surface area contributed by atoms with Crippen molar-refractivity contribution in [1.29, 1.82) is 0 Å². The fourth-order valence-electron chi connectivity index (χ4n) is 2.27. The van der Waals surface area contributed by atoms with Crippen molar-refractivity contribution < 1.29 is 19.0 Å². The third-order valence-electron chi connectivity index (χ3n) is 3.27. The van der Waals surface area contributed by atoms with E-state index in [-0.39, 0.29) is 5.82 Å². The summed E-state index contributed by atoms with van der Waals surface area (Å²) < 4.78 is 24.1. The SMILES string of the molecule is OC(Cc1cccc(F)c1)c1ccc2c(c1)OCCO2. The van der Waals surface area contributed by atoms with Crippen LogP contribution in [0.25, 0.3) is 0 Å². The Hall–Kier alpha value is -2.07. The molecule has 1 heterocycles. The molecule has 0 fully saturated rings. The van der Waals surface area contributed by atoms with Gasteiger partial charge >= 0.3 is 0 Å². The fourth-order valence-corrected chi connectivity index (χ4v) is 2.27. The van der Waals surface area contributed by atoms with Crippen LogP contribution in [0.4, 0.5) is 4.39 Å². The minimum Gasteiger partial charge on any atom is -0.486 e. The number of rotatable bonds is 3. The number of hydrogen-bond acceptors (Lipinski definition) is 3. The van der Waals surface area contributed by atoms with Crippen molar-refractivity contribution in [3.8, 4) is 11.5 Å². The van der Waals surface area contributed by atoms with E-state index in [9.17, 15) is 9.50 Å². The molecule has 4 heteroatoms. The van der Waals surface area contributed by atoms with Crippen molar-refractivity contribution in [2.24, 2.45) is 0 Å². The second kappa shape index (κ2) is 5.51. The van der Waals surface area contributed by atoms with Gasteiger partial charge in [0.05, 0.1) is 6.10 Å². The van der Waals surface area contributed by atoms with E-state index in [0.29, 0.717) is 31.1 Å². The van der Waals surface area contributed by atoms with E-state index in [4.69, 9.17) is 9.47 Å². The molecule has 0 saturated carbocycles. The normalized spacial score (nSPS) is 14.9. The van der Waals surface area contributed by atoms with Crippen molar-refractivity contribution in [2.45, 2.75) is 12.5 Å². The van der Waals surface area contributed by atoms with Crippen LogP contribution in [0.3, 0.4) is 0 Å². The Balaban J connectivity index is 1.78. The number of aliphatic hydroxyl groups is 1. The first kappa shape index (κ1) is 12.9. The molecule has 0 spiro atoms. The average molecular weight is 274 g/mol. The fraction of sp³-hybridized carbons (Fsp3) is 0.250. The van der Waals surface area contributed by atoms with Gasteiger partial charge in [0.25, 0.3) is 0 Å². The Morgan fingerprint density at radius 1 is 1.05 bits per heavy atom. The molecule has 1 unspecified atom stereocenters. The van der Waals surface area contributed by atoms with Gasteiger partial charge in [-0.05, 0) is 35.4 Å². The smallest absolute Gasteiger partial charge is 0.161 e. The van der Waals surface area contributed by atoms with Gasteiger partial charge in [-0.3, -0.25) is 0 Å². The van der Waals surface area contributed by atoms with Crippen LogP contribution in [0.15, 0.2) is 42.5 Å². The zero-order valence-electron chi connectivity index (χ0n) is 10.9. The van der Waals surface area contributed by atoms with Gasteiger partial charge in [-0.1, -0.05) is 18.2 Å². The van der Waals surface area contributed by atoms with Gasteiger partial charge in [0.15, 0.2) is 11.5 Å². The molecule has 0 amide bonds. The average Bonchev–Trinajstić information content (AvgIpc) is 2.47. The largest absolute Gasteiger partial charge is 0.486 e. The summed E-state index contributed by atoms with van der Waals surface area (Å²) in [6.07, 6.45) is -0.343. The molecule has 0 aliphatic carbocycles. The summed E-state index contributed by atoms with van der Waals surface area (Å²) in [4.78, 5) is 0. The number of hydrogen-bond donors (Lipinski definition) is 1. The molecule has 0 aromatic heterocycles. The van der Waals surface area contributed by atoms with Crippen LogP contribution in [0.2, 0.25) is 0 Å². The summed E-state index contributed by atoms with van der Waals surface area (Å²) in [5.41, 5.74) is 1.49. The van der Waals surface area contributed by atoms with Crippen LogP contribution in [-0.2, 0) is 6.42 Å². The van der Waals surface area contributed by atoms with Gasteiger partial charge in [-0.2, -0.15) is 0 Å². The molecule has 1 N–H and O–H groups in total. The summed E-state index contributed by atoms with van der Waals surface area (Å²) in [7, 11) is 0. The maximum Gasteiger partial charge on any atom is 0.161 e. The van der Waals surface area contributed by atoms with E-state index in [1.165, 1.54) is 12.1 Å². The van der Waals surface area contributed by atoms with E-state index in [1.807, 2.05) is 0 Å². The zero-order chi connectivity index (χ0) is 13.9. The van der Waals surface area contributed by atoms with E-state index in [1.54, 1.807) is 30.3 Å². The topological polar surface area (TPSA) is 38.7 Å². The second-order valence-corrected chi connectivity index (χ2v) is 4.75. The molecule has 1 aliphatic heterocycles. The Morgan fingerprint density at radius 2 is 1.85 bits per heavy atom. The minimum atomic E-state index is -0.701. The lowest BCUT2D eigenvalue weighted by Crippen LogP contribution is -2.15. The number of benzene rings is 2. The highest BCUT2D eigenvalue weighted by Gasteiger charge is 2.15. The van der Waals surface area contributed by atoms with Gasteiger partial charge in [0.1, 0.15) is 19.0 Å². The van der Waals surface area contributed by atoms with E-state index in [2.05, 4.69) is 0 Å². The van der Waals surface area contributed by atoms with Gasteiger partial charge in [-0.25, -0.2) is 4.39 Å².